The number of amides is 1. The Bertz CT molecular complexity index is 706. The van der Waals surface area contributed by atoms with Crippen LogP contribution in [-0.4, -0.2) is 31.6 Å². The Morgan fingerprint density at radius 1 is 1.08 bits per heavy atom. The molecule has 0 aliphatic rings. The van der Waals surface area contributed by atoms with E-state index in [4.69, 9.17) is 9.47 Å². The van der Waals surface area contributed by atoms with Crippen LogP contribution in [-0.2, 0) is 14.3 Å². The summed E-state index contributed by atoms with van der Waals surface area (Å²) < 4.78 is 10.4. The van der Waals surface area contributed by atoms with Gasteiger partial charge in [-0.15, -0.1) is 0 Å². The van der Waals surface area contributed by atoms with Crippen molar-refractivity contribution in [1.82, 2.24) is 5.32 Å². The summed E-state index contributed by atoms with van der Waals surface area (Å²) in [5.41, 5.74) is 0. The largest absolute Gasteiger partial charge is 0.483 e. The molecule has 0 aliphatic carbocycles. The molecule has 0 aliphatic heterocycles. The fourth-order valence-electron chi connectivity index (χ4n) is 2.53. The van der Waals surface area contributed by atoms with E-state index in [2.05, 4.69) is 5.32 Å². The quantitative estimate of drug-likeness (QED) is 0.793. The first-order valence-corrected chi connectivity index (χ1v) is 7.99. The number of benzene rings is 2. The van der Waals surface area contributed by atoms with Gasteiger partial charge in [0.05, 0.1) is 7.11 Å². The van der Waals surface area contributed by atoms with Gasteiger partial charge in [0.25, 0.3) is 5.91 Å². The minimum absolute atomic E-state index is 0.153. The highest BCUT2D eigenvalue weighted by atomic mass is 16.5. The molecule has 2 aromatic carbocycles. The summed E-state index contributed by atoms with van der Waals surface area (Å²) in [4.78, 5) is 23.9. The molecule has 1 amide bonds. The molecular weight excluding hydrogens is 306 g/mol. The van der Waals surface area contributed by atoms with Crippen LogP contribution in [0.5, 0.6) is 5.75 Å². The van der Waals surface area contributed by atoms with Crippen LogP contribution < -0.4 is 10.1 Å². The zero-order valence-electron chi connectivity index (χ0n) is 14.2. The van der Waals surface area contributed by atoms with E-state index in [0.717, 1.165) is 10.8 Å². The Hall–Kier alpha value is -2.56. The van der Waals surface area contributed by atoms with Crippen molar-refractivity contribution in [2.75, 3.05) is 13.7 Å². The van der Waals surface area contributed by atoms with E-state index in [1.807, 2.05) is 56.3 Å². The van der Waals surface area contributed by atoms with E-state index in [-0.39, 0.29) is 18.4 Å². The Morgan fingerprint density at radius 3 is 2.50 bits per heavy atom. The summed E-state index contributed by atoms with van der Waals surface area (Å²) >= 11 is 0. The summed E-state index contributed by atoms with van der Waals surface area (Å²) in [5.74, 6) is 0.108. The first-order chi connectivity index (χ1) is 11.5. The van der Waals surface area contributed by atoms with Crippen LogP contribution in [0, 0.1) is 5.92 Å². The van der Waals surface area contributed by atoms with E-state index in [0.29, 0.717) is 12.2 Å². The summed E-state index contributed by atoms with van der Waals surface area (Å²) in [5, 5.41) is 4.67. The summed E-state index contributed by atoms with van der Waals surface area (Å²) in [6, 6.07) is 12.8. The lowest BCUT2D eigenvalue weighted by atomic mass is 10.0. The Labute approximate surface area is 141 Å². The SMILES string of the molecule is COC(=O)[C@H](CC(C)C)NC(=O)COc1cccc2ccccc12. The van der Waals surface area contributed by atoms with Crippen LogP contribution in [0.3, 0.4) is 0 Å². The third-order valence-electron chi connectivity index (χ3n) is 3.64. The zero-order valence-corrected chi connectivity index (χ0v) is 14.2. The molecule has 0 saturated carbocycles. The van der Waals surface area contributed by atoms with Gasteiger partial charge in [0, 0.05) is 5.39 Å². The Kier molecular flexibility index (Phi) is 6.18. The molecule has 0 spiro atoms. The van der Waals surface area contributed by atoms with Crippen molar-refractivity contribution in [1.29, 1.82) is 0 Å². The average Bonchev–Trinajstić information content (AvgIpc) is 2.58. The van der Waals surface area contributed by atoms with Gasteiger partial charge in [0.2, 0.25) is 0 Å². The fraction of sp³-hybridized carbons (Fsp3) is 0.368. The molecule has 2 aromatic rings. The molecule has 2 rings (SSSR count). The maximum Gasteiger partial charge on any atom is 0.328 e. The normalized spacial score (nSPS) is 12.0. The van der Waals surface area contributed by atoms with Gasteiger partial charge < -0.3 is 14.8 Å². The standard InChI is InChI=1S/C19H23NO4/c1-13(2)11-16(19(22)23-3)20-18(21)12-24-17-10-6-8-14-7-4-5-9-15(14)17/h4-10,13,16H,11-12H2,1-3H3,(H,20,21)/t16-/m0/s1. The highest BCUT2D eigenvalue weighted by Crippen LogP contribution is 2.24. The smallest absolute Gasteiger partial charge is 0.328 e. The second-order valence-electron chi connectivity index (χ2n) is 6.04. The van der Waals surface area contributed by atoms with Crippen molar-refractivity contribution in [3.05, 3.63) is 42.5 Å². The van der Waals surface area contributed by atoms with Crippen molar-refractivity contribution in [2.24, 2.45) is 5.92 Å². The van der Waals surface area contributed by atoms with Gasteiger partial charge in [-0.1, -0.05) is 50.2 Å². The molecular formula is C19H23NO4. The van der Waals surface area contributed by atoms with Crippen molar-refractivity contribution in [2.45, 2.75) is 26.3 Å². The highest BCUT2D eigenvalue weighted by Gasteiger charge is 2.22. The number of hydrogen-bond donors (Lipinski definition) is 1. The molecule has 24 heavy (non-hydrogen) atoms. The predicted molar refractivity (Wildman–Crippen MR) is 92.8 cm³/mol. The van der Waals surface area contributed by atoms with Gasteiger partial charge in [0.15, 0.2) is 6.61 Å². The average molecular weight is 329 g/mol. The van der Waals surface area contributed by atoms with Gasteiger partial charge >= 0.3 is 5.97 Å². The van der Waals surface area contributed by atoms with Crippen LogP contribution in [0.1, 0.15) is 20.3 Å². The van der Waals surface area contributed by atoms with Gasteiger partial charge in [-0.05, 0) is 23.8 Å². The zero-order chi connectivity index (χ0) is 17.5. The van der Waals surface area contributed by atoms with Gasteiger partial charge in [-0.3, -0.25) is 4.79 Å². The summed E-state index contributed by atoms with van der Waals surface area (Å²) in [6.07, 6.45) is 0.521. The molecule has 0 fully saturated rings. The lowest BCUT2D eigenvalue weighted by Crippen LogP contribution is -2.44. The monoisotopic (exact) mass is 329 g/mol. The summed E-state index contributed by atoms with van der Waals surface area (Å²) in [6.45, 7) is 3.81. The molecule has 0 unspecified atom stereocenters. The predicted octanol–water partition coefficient (Wildman–Crippen LogP) is 2.92. The van der Waals surface area contributed by atoms with Crippen LogP contribution in [0.4, 0.5) is 0 Å². The number of carbonyl (C=O) groups is 2. The molecule has 5 heteroatoms. The molecule has 1 atom stereocenters. The van der Waals surface area contributed by atoms with Crippen LogP contribution in [0.25, 0.3) is 10.8 Å². The first kappa shape index (κ1) is 17.8. The maximum absolute atomic E-state index is 12.1. The first-order valence-electron chi connectivity index (χ1n) is 7.99. The molecule has 5 nitrogen and oxygen atoms in total. The number of rotatable bonds is 7. The van der Waals surface area contributed by atoms with Crippen molar-refractivity contribution in [3.63, 3.8) is 0 Å². The summed E-state index contributed by atoms with van der Waals surface area (Å²) in [7, 11) is 1.31. The van der Waals surface area contributed by atoms with Crippen LogP contribution in [0.15, 0.2) is 42.5 Å². The topological polar surface area (TPSA) is 64.6 Å². The molecule has 0 heterocycles. The lowest BCUT2D eigenvalue weighted by molar-refractivity contribution is -0.145. The maximum atomic E-state index is 12.1. The number of fused-ring (bicyclic) bond motifs is 1. The highest BCUT2D eigenvalue weighted by molar-refractivity contribution is 5.89. The number of hydrogen-bond acceptors (Lipinski definition) is 4. The number of methoxy groups -OCH3 is 1. The number of carbonyl (C=O) groups excluding carboxylic acids is 2. The van der Waals surface area contributed by atoms with Crippen molar-refractivity contribution < 1.29 is 19.1 Å². The van der Waals surface area contributed by atoms with Crippen LogP contribution in [0.2, 0.25) is 0 Å². The minimum Gasteiger partial charge on any atom is -0.483 e. The number of ether oxygens (including phenoxy) is 2. The molecule has 128 valence electrons. The van der Waals surface area contributed by atoms with E-state index < -0.39 is 12.0 Å². The van der Waals surface area contributed by atoms with Crippen molar-refractivity contribution in [3.8, 4) is 5.75 Å². The van der Waals surface area contributed by atoms with E-state index in [1.54, 1.807) is 0 Å². The van der Waals surface area contributed by atoms with Gasteiger partial charge in [-0.2, -0.15) is 0 Å². The minimum atomic E-state index is -0.654. The Balaban J connectivity index is 2.00. The molecule has 0 aromatic heterocycles. The number of nitrogens with one attached hydrogen (secondary N) is 1. The second-order valence-corrected chi connectivity index (χ2v) is 6.04. The molecule has 0 bridgehead atoms. The fourth-order valence-corrected chi connectivity index (χ4v) is 2.53. The van der Waals surface area contributed by atoms with Crippen molar-refractivity contribution >= 4 is 22.6 Å². The third kappa shape index (κ3) is 4.72. The van der Waals surface area contributed by atoms with E-state index >= 15 is 0 Å². The Morgan fingerprint density at radius 2 is 1.79 bits per heavy atom. The van der Waals surface area contributed by atoms with Gasteiger partial charge in [-0.25, -0.2) is 4.79 Å². The molecule has 0 saturated heterocycles. The van der Waals surface area contributed by atoms with Gasteiger partial charge in [0.1, 0.15) is 11.8 Å². The lowest BCUT2D eigenvalue weighted by Gasteiger charge is -2.18. The third-order valence-corrected chi connectivity index (χ3v) is 3.64. The number of esters is 1. The second kappa shape index (κ2) is 8.34. The van der Waals surface area contributed by atoms with E-state index in [9.17, 15) is 9.59 Å². The molecule has 1 N–H and O–H groups in total. The molecule has 0 radical (unpaired) electrons. The van der Waals surface area contributed by atoms with E-state index in [1.165, 1.54) is 7.11 Å². The van der Waals surface area contributed by atoms with Crippen LogP contribution >= 0.6 is 0 Å².